The predicted molar refractivity (Wildman–Crippen MR) is 145 cm³/mol. The van der Waals surface area contributed by atoms with E-state index in [-0.39, 0.29) is 6.42 Å². The van der Waals surface area contributed by atoms with E-state index in [2.05, 4.69) is 6.58 Å². The molecule has 0 bridgehead atoms. The monoisotopic (exact) mass is 520 g/mol. The van der Waals surface area contributed by atoms with E-state index in [0.717, 1.165) is 16.3 Å². The van der Waals surface area contributed by atoms with Crippen molar-refractivity contribution in [2.45, 2.75) is 51.4 Å². The van der Waals surface area contributed by atoms with Gasteiger partial charge >= 0.3 is 11.3 Å². The van der Waals surface area contributed by atoms with Crippen LogP contribution in [0.25, 0.3) is 21.9 Å². The first-order valence-electron chi connectivity index (χ1n) is 12.2. The second-order valence-electron chi connectivity index (χ2n) is 9.82. The number of hydrogen-bond donors (Lipinski definition) is 1. The molecule has 4 aromatic rings. The third-order valence-electron chi connectivity index (χ3n) is 6.72. The second-order valence-corrected chi connectivity index (χ2v) is 9.82. The topological polar surface area (TPSA) is 108 Å². The minimum absolute atomic E-state index is 0.107. The molecule has 0 saturated carbocycles. The van der Waals surface area contributed by atoms with Gasteiger partial charge in [-0.15, -0.1) is 0 Å². The summed E-state index contributed by atoms with van der Waals surface area (Å²) in [5.74, 6) is 1.05. The number of benzene rings is 2. The number of rotatable bonds is 10. The second kappa shape index (κ2) is 10.8. The molecule has 0 spiro atoms. The normalized spacial score (nSPS) is 13.4. The molecule has 2 heterocycles. The fraction of sp³-hybridized carbons (Fsp3) is 0.333. The van der Waals surface area contributed by atoms with E-state index in [4.69, 9.17) is 23.0 Å². The van der Waals surface area contributed by atoms with E-state index >= 15 is 0 Å². The van der Waals surface area contributed by atoms with Gasteiger partial charge in [0.15, 0.2) is 0 Å². The molecule has 0 aliphatic rings. The molecule has 4 rings (SSSR count). The van der Waals surface area contributed by atoms with Gasteiger partial charge < -0.3 is 28.2 Å². The van der Waals surface area contributed by atoms with Crippen LogP contribution in [0.1, 0.15) is 31.9 Å². The highest BCUT2D eigenvalue weighted by atomic mass is 16.5. The van der Waals surface area contributed by atoms with Gasteiger partial charge in [0.1, 0.15) is 22.7 Å². The summed E-state index contributed by atoms with van der Waals surface area (Å²) in [5, 5.41) is 12.8. The molecule has 0 saturated heterocycles. The predicted octanol–water partition coefficient (Wildman–Crippen LogP) is 4.80. The van der Waals surface area contributed by atoms with Crippen LogP contribution in [-0.4, -0.2) is 37.1 Å². The Morgan fingerprint density at radius 1 is 0.842 bits per heavy atom. The van der Waals surface area contributed by atoms with Crippen LogP contribution in [0.5, 0.6) is 11.5 Å². The molecule has 8 nitrogen and oxygen atoms in total. The van der Waals surface area contributed by atoms with Crippen LogP contribution >= 0.6 is 0 Å². The van der Waals surface area contributed by atoms with Crippen molar-refractivity contribution in [3.05, 3.63) is 92.7 Å². The fourth-order valence-corrected chi connectivity index (χ4v) is 4.50. The zero-order chi connectivity index (χ0) is 27.6. The Morgan fingerprint density at radius 3 is 1.74 bits per heavy atom. The van der Waals surface area contributed by atoms with Crippen molar-refractivity contribution in [2.75, 3.05) is 14.2 Å². The molecule has 2 atom stereocenters. The maximum absolute atomic E-state index is 12.0. The summed E-state index contributed by atoms with van der Waals surface area (Å²) in [6, 6.07) is 13.3. The van der Waals surface area contributed by atoms with E-state index in [0.29, 0.717) is 40.2 Å². The average Bonchev–Trinajstić information content (AvgIpc) is 2.88. The lowest BCUT2D eigenvalue weighted by Crippen LogP contribution is -2.44. The molecule has 2 aromatic heterocycles. The van der Waals surface area contributed by atoms with Crippen molar-refractivity contribution in [2.24, 2.45) is 0 Å². The summed E-state index contributed by atoms with van der Waals surface area (Å²) < 4.78 is 28.5. The lowest BCUT2D eigenvalue weighted by atomic mass is 9.92. The number of methoxy groups -OCH3 is 2. The molecule has 0 radical (unpaired) electrons. The third kappa shape index (κ3) is 5.51. The molecule has 0 aliphatic carbocycles. The van der Waals surface area contributed by atoms with Crippen LogP contribution in [-0.2, 0) is 17.6 Å². The summed E-state index contributed by atoms with van der Waals surface area (Å²) in [6.07, 6.45) is -1.15. The van der Waals surface area contributed by atoms with Crippen LogP contribution in [0.4, 0.5) is 0 Å². The Bertz CT molecular complexity index is 1590. The Hall–Kier alpha value is -3.88. The van der Waals surface area contributed by atoms with Gasteiger partial charge in [-0.25, -0.2) is 9.59 Å². The summed E-state index contributed by atoms with van der Waals surface area (Å²) >= 11 is 0. The van der Waals surface area contributed by atoms with E-state index in [1.165, 1.54) is 19.2 Å². The molecule has 0 aliphatic heterocycles. The van der Waals surface area contributed by atoms with Gasteiger partial charge in [-0.3, -0.25) is 0 Å². The highest BCUT2D eigenvalue weighted by Crippen LogP contribution is 2.34. The van der Waals surface area contributed by atoms with Gasteiger partial charge in [0.05, 0.1) is 32.0 Å². The van der Waals surface area contributed by atoms with Crippen LogP contribution in [0.15, 0.2) is 79.1 Å². The van der Waals surface area contributed by atoms with E-state index in [1.54, 1.807) is 45.2 Å². The lowest BCUT2D eigenvalue weighted by molar-refractivity contribution is -0.124. The minimum Gasteiger partial charge on any atom is -0.496 e. The van der Waals surface area contributed by atoms with Gasteiger partial charge in [0.2, 0.25) is 0 Å². The first-order valence-corrected chi connectivity index (χ1v) is 12.2. The van der Waals surface area contributed by atoms with Crippen LogP contribution in [0.2, 0.25) is 0 Å². The highest BCUT2D eigenvalue weighted by molar-refractivity contribution is 5.83. The number of aliphatic hydroxyl groups excluding tert-OH is 1. The molecular weight excluding hydrogens is 488 g/mol. The zero-order valence-electron chi connectivity index (χ0n) is 22.2. The largest absolute Gasteiger partial charge is 0.496 e. The summed E-state index contributed by atoms with van der Waals surface area (Å²) in [6.45, 7) is 9.50. The van der Waals surface area contributed by atoms with Crippen LogP contribution in [0.3, 0.4) is 0 Å². The Labute approximate surface area is 220 Å². The molecule has 200 valence electrons. The zero-order valence-corrected chi connectivity index (χ0v) is 22.2. The maximum atomic E-state index is 12.0. The number of ether oxygens (including phenoxy) is 3. The minimum atomic E-state index is -1.06. The van der Waals surface area contributed by atoms with Gasteiger partial charge in [0, 0.05) is 46.9 Å². The van der Waals surface area contributed by atoms with Crippen molar-refractivity contribution in [1.29, 1.82) is 0 Å². The average molecular weight is 521 g/mol. The van der Waals surface area contributed by atoms with E-state index in [9.17, 15) is 14.7 Å². The Balaban J connectivity index is 1.66. The number of fused-ring (bicyclic) bond motifs is 2. The fourth-order valence-electron chi connectivity index (χ4n) is 4.50. The van der Waals surface area contributed by atoms with Gasteiger partial charge in [-0.1, -0.05) is 12.2 Å². The lowest BCUT2D eigenvalue weighted by Gasteiger charge is -2.35. The van der Waals surface area contributed by atoms with Crippen LogP contribution in [0, 0.1) is 0 Å². The van der Waals surface area contributed by atoms with Crippen molar-refractivity contribution in [1.82, 2.24) is 0 Å². The quantitative estimate of drug-likeness (QED) is 0.235. The highest BCUT2D eigenvalue weighted by Gasteiger charge is 2.34. The van der Waals surface area contributed by atoms with Gasteiger partial charge in [0.25, 0.3) is 0 Å². The molecule has 38 heavy (non-hydrogen) atoms. The molecule has 2 aromatic carbocycles. The first-order chi connectivity index (χ1) is 18.0. The molecular formula is C30H32O8. The van der Waals surface area contributed by atoms with Crippen molar-refractivity contribution in [3.8, 4) is 11.5 Å². The molecule has 0 unspecified atom stereocenters. The van der Waals surface area contributed by atoms with Crippen molar-refractivity contribution in [3.63, 3.8) is 0 Å². The van der Waals surface area contributed by atoms with Crippen molar-refractivity contribution < 1.29 is 28.2 Å². The van der Waals surface area contributed by atoms with Gasteiger partial charge in [-0.05, 0) is 57.2 Å². The molecule has 0 fully saturated rings. The number of aliphatic hydroxyl groups is 1. The first kappa shape index (κ1) is 27.2. The van der Waals surface area contributed by atoms with Crippen molar-refractivity contribution >= 4 is 21.9 Å². The van der Waals surface area contributed by atoms with E-state index < -0.39 is 29.1 Å². The van der Waals surface area contributed by atoms with E-state index in [1.807, 2.05) is 19.1 Å². The smallest absolute Gasteiger partial charge is 0.336 e. The standard InChI is InChI=1S/C30H32O8/c1-17(2)24(15-20-22(34-5)11-7-18-9-13-26(32)36-28(18)20)38-30(3,4)25(31)16-21-23(35-6)12-8-19-10-14-27(33)37-29(19)21/h7-14,24-25,31H,1,15-16H2,2-6H3/t24-,25-/m0/s1. The number of hydrogen-bond acceptors (Lipinski definition) is 8. The SMILES string of the molecule is C=C(C)[C@H](Cc1c(OC)ccc2ccc(=O)oc12)OC(C)(C)[C@@H](O)Cc1c(OC)ccc2ccc(=O)oc12. The Kier molecular flexibility index (Phi) is 7.76. The summed E-state index contributed by atoms with van der Waals surface area (Å²) in [7, 11) is 3.07. The summed E-state index contributed by atoms with van der Waals surface area (Å²) in [5.41, 5.74) is 0.705. The molecule has 8 heteroatoms. The van der Waals surface area contributed by atoms with Gasteiger partial charge in [-0.2, -0.15) is 0 Å². The maximum Gasteiger partial charge on any atom is 0.336 e. The van der Waals surface area contributed by atoms with Crippen LogP contribution < -0.4 is 20.7 Å². The third-order valence-corrected chi connectivity index (χ3v) is 6.72. The summed E-state index contributed by atoms with van der Waals surface area (Å²) in [4.78, 5) is 23.9. The Morgan fingerprint density at radius 2 is 1.29 bits per heavy atom. The molecule has 0 amide bonds. The molecule has 1 N–H and O–H groups in total.